The van der Waals surface area contributed by atoms with Crippen LogP contribution in [0, 0.1) is 6.92 Å². The Kier molecular flexibility index (Phi) is 5.49. The van der Waals surface area contributed by atoms with Gasteiger partial charge in [0.15, 0.2) is 0 Å². The van der Waals surface area contributed by atoms with Gasteiger partial charge in [-0.1, -0.05) is 59.6 Å². The molecule has 2 aromatic carbocycles. The van der Waals surface area contributed by atoms with Crippen LogP contribution in [0.5, 0.6) is 0 Å². The van der Waals surface area contributed by atoms with E-state index in [1.54, 1.807) is 12.1 Å². The second-order valence-electron chi connectivity index (χ2n) is 5.95. The summed E-state index contributed by atoms with van der Waals surface area (Å²) >= 11 is 6.07. The van der Waals surface area contributed by atoms with E-state index in [9.17, 15) is 9.59 Å². The molecule has 26 heavy (non-hydrogen) atoms. The summed E-state index contributed by atoms with van der Waals surface area (Å²) in [7, 11) is 0. The largest absolute Gasteiger partial charge is 0.350 e. The summed E-state index contributed by atoms with van der Waals surface area (Å²) in [5.41, 5.74) is 3.16. The van der Waals surface area contributed by atoms with Crippen molar-refractivity contribution in [2.75, 3.05) is 0 Å². The van der Waals surface area contributed by atoms with Crippen molar-refractivity contribution >= 4 is 17.5 Å². The first kappa shape index (κ1) is 17.9. The summed E-state index contributed by atoms with van der Waals surface area (Å²) in [5, 5.41) is 7.65. The van der Waals surface area contributed by atoms with Crippen molar-refractivity contribution in [1.82, 2.24) is 15.1 Å². The third kappa shape index (κ3) is 4.37. The fourth-order valence-electron chi connectivity index (χ4n) is 2.47. The lowest BCUT2D eigenvalue weighted by Crippen LogP contribution is -2.33. The molecule has 0 saturated heterocycles. The maximum absolute atomic E-state index is 12.2. The highest BCUT2D eigenvalue weighted by atomic mass is 35.5. The minimum Gasteiger partial charge on any atom is -0.350 e. The van der Waals surface area contributed by atoms with Crippen molar-refractivity contribution in [3.8, 4) is 11.3 Å². The summed E-state index contributed by atoms with van der Waals surface area (Å²) in [6, 6.07) is 18.2. The molecule has 0 saturated carbocycles. The first-order valence-corrected chi connectivity index (χ1v) is 8.56. The molecule has 132 valence electrons. The fraction of sp³-hybridized carbons (Fsp3) is 0.150. The average molecular weight is 368 g/mol. The number of aryl methyl sites for hydroxylation is 1. The number of hydrogen-bond acceptors (Lipinski definition) is 3. The van der Waals surface area contributed by atoms with Gasteiger partial charge in [-0.3, -0.25) is 9.59 Å². The Hall–Kier alpha value is -2.92. The lowest BCUT2D eigenvalue weighted by Gasteiger charge is -2.09. The van der Waals surface area contributed by atoms with E-state index in [4.69, 9.17) is 11.6 Å². The quantitative estimate of drug-likeness (QED) is 0.753. The van der Waals surface area contributed by atoms with Gasteiger partial charge in [-0.15, -0.1) is 0 Å². The van der Waals surface area contributed by atoms with Crippen molar-refractivity contribution in [3.05, 3.63) is 87.2 Å². The van der Waals surface area contributed by atoms with E-state index in [-0.39, 0.29) is 18.0 Å². The molecule has 0 spiro atoms. The van der Waals surface area contributed by atoms with E-state index in [1.807, 2.05) is 49.4 Å². The zero-order chi connectivity index (χ0) is 18.5. The molecule has 1 amide bonds. The van der Waals surface area contributed by atoms with Crippen LogP contribution in [0.1, 0.15) is 11.1 Å². The van der Waals surface area contributed by atoms with Gasteiger partial charge < -0.3 is 5.32 Å². The monoisotopic (exact) mass is 367 g/mol. The van der Waals surface area contributed by atoms with Crippen LogP contribution in [0.25, 0.3) is 11.3 Å². The molecule has 1 heterocycles. The zero-order valence-corrected chi connectivity index (χ0v) is 15.0. The van der Waals surface area contributed by atoms with Gasteiger partial charge in [-0.05, 0) is 24.6 Å². The number of carbonyl (C=O) groups is 1. The highest BCUT2D eigenvalue weighted by Gasteiger charge is 2.09. The van der Waals surface area contributed by atoms with Gasteiger partial charge in [0.1, 0.15) is 6.54 Å². The van der Waals surface area contributed by atoms with Crippen molar-refractivity contribution < 1.29 is 4.79 Å². The number of rotatable bonds is 5. The third-order valence-electron chi connectivity index (χ3n) is 3.94. The van der Waals surface area contributed by atoms with Gasteiger partial charge in [-0.2, -0.15) is 5.10 Å². The van der Waals surface area contributed by atoms with Crippen LogP contribution in [0.2, 0.25) is 5.02 Å². The van der Waals surface area contributed by atoms with Crippen molar-refractivity contribution in [2.24, 2.45) is 0 Å². The maximum atomic E-state index is 12.2. The predicted octanol–water partition coefficient (Wildman–Crippen LogP) is 3.19. The number of carbonyl (C=O) groups excluding carboxylic acids is 1. The molecule has 3 rings (SSSR count). The molecule has 0 fully saturated rings. The van der Waals surface area contributed by atoms with Crippen LogP contribution >= 0.6 is 11.6 Å². The second kappa shape index (κ2) is 7.97. The number of aromatic nitrogens is 2. The molecule has 0 aliphatic heterocycles. The minimum atomic E-state index is -0.325. The van der Waals surface area contributed by atoms with Gasteiger partial charge in [0.25, 0.3) is 5.56 Å². The van der Waals surface area contributed by atoms with Crippen molar-refractivity contribution in [2.45, 2.75) is 20.0 Å². The minimum absolute atomic E-state index is 0.150. The van der Waals surface area contributed by atoms with Crippen LogP contribution in [0.3, 0.4) is 0 Å². The van der Waals surface area contributed by atoms with Gasteiger partial charge in [0.2, 0.25) is 5.91 Å². The standard InChI is InChI=1S/C20H18ClN3O2/c1-14-6-8-15(9-7-14)18-10-11-20(26)24(23-18)13-19(25)22-12-16-4-2-3-5-17(16)21/h2-11H,12-13H2,1H3,(H,22,25). The zero-order valence-electron chi connectivity index (χ0n) is 14.3. The molecule has 0 radical (unpaired) electrons. The van der Waals surface area contributed by atoms with Crippen LogP contribution < -0.4 is 10.9 Å². The lowest BCUT2D eigenvalue weighted by atomic mass is 10.1. The van der Waals surface area contributed by atoms with Gasteiger partial charge in [0, 0.05) is 23.2 Å². The number of nitrogens with zero attached hydrogens (tertiary/aromatic N) is 2. The van der Waals surface area contributed by atoms with E-state index in [0.717, 1.165) is 21.4 Å². The van der Waals surface area contributed by atoms with Gasteiger partial charge in [-0.25, -0.2) is 4.68 Å². The Bertz CT molecular complexity index is 981. The summed E-state index contributed by atoms with van der Waals surface area (Å²) in [4.78, 5) is 24.2. The van der Waals surface area contributed by atoms with Crippen molar-refractivity contribution in [1.29, 1.82) is 0 Å². The summed E-state index contributed by atoms with van der Waals surface area (Å²) in [5.74, 6) is -0.305. The van der Waals surface area contributed by atoms with Gasteiger partial charge in [0.05, 0.1) is 5.69 Å². The number of halogens is 1. The molecule has 0 unspecified atom stereocenters. The molecule has 1 N–H and O–H groups in total. The molecule has 1 aromatic heterocycles. The first-order chi connectivity index (χ1) is 12.5. The summed E-state index contributed by atoms with van der Waals surface area (Å²) in [6.07, 6.45) is 0. The summed E-state index contributed by atoms with van der Waals surface area (Å²) < 4.78 is 1.16. The summed E-state index contributed by atoms with van der Waals surface area (Å²) in [6.45, 7) is 2.15. The first-order valence-electron chi connectivity index (χ1n) is 8.18. The molecule has 5 nitrogen and oxygen atoms in total. The smallest absolute Gasteiger partial charge is 0.267 e. The molecule has 0 atom stereocenters. The fourth-order valence-corrected chi connectivity index (χ4v) is 2.67. The molecular weight excluding hydrogens is 350 g/mol. The van der Waals surface area contributed by atoms with E-state index >= 15 is 0 Å². The van der Waals surface area contributed by atoms with Crippen LogP contribution in [0.4, 0.5) is 0 Å². The van der Waals surface area contributed by atoms with E-state index < -0.39 is 0 Å². The SMILES string of the molecule is Cc1ccc(-c2ccc(=O)n(CC(=O)NCc3ccccc3Cl)n2)cc1. The molecule has 0 bridgehead atoms. The number of amides is 1. The van der Waals surface area contributed by atoms with E-state index in [1.165, 1.54) is 6.07 Å². The highest BCUT2D eigenvalue weighted by Crippen LogP contribution is 2.16. The Labute approximate surface area is 156 Å². The second-order valence-corrected chi connectivity index (χ2v) is 6.36. The lowest BCUT2D eigenvalue weighted by molar-refractivity contribution is -0.122. The Balaban J connectivity index is 1.71. The molecule has 0 aliphatic rings. The number of benzene rings is 2. The van der Waals surface area contributed by atoms with Crippen molar-refractivity contribution in [3.63, 3.8) is 0 Å². The predicted molar refractivity (Wildman–Crippen MR) is 102 cm³/mol. The van der Waals surface area contributed by atoms with E-state index in [2.05, 4.69) is 10.4 Å². The topological polar surface area (TPSA) is 64.0 Å². The van der Waals surface area contributed by atoms with Crippen LogP contribution in [-0.4, -0.2) is 15.7 Å². The molecular formula is C20H18ClN3O2. The number of hydrogen-bond donors (Lipinski definition) is 1. The van der Waals surface area contributed by atoms with Gasteiger partial charge >= 0.3 is 0 Å². The Morgan fingerprint density at radius 1 is 1.08 bits per heavy atom. The highest BCUT2D eigenvalue weighted by molar-refractivity contribution is 6.31. The van der Waals surface area contributed by atoms with E-state index in [0.29, 0.717) is 17.3 Å². The Morgan fingerprint density at radius 3 is 2.54 bits per heavy atom. The third-order valence-corrected chi connectivity index (χ3v) is 4.31. The normalized spacial score (nSPS) is 10.5. The maximum Gasteiger partial charge on any atom is 0.267 e. The molecule has 0 aliphatic carbocycles. The van der Waals surface area contributed by atoms with Crippen LogP contribution in [0.15, 0.2) is 65.5 Å². The number of nitrogens with one attached hydrogen (secondary N) is 1. The van der Waals surface area contributed by atoms with Crippen LogP contribution in [-0.2, 0) is 17.9 Å². The molecule has 6 heteroatoms. The Morgan fingerprint density at radius 2 is 1.81 bits per heavy atom. The average Bonchev–Trinajstić information content (AvgIpc) is 2.64. The molecule has 3 aromatic rings.